The molecule has 0 spiro atoms. The number of hydrogen-bond donors (Lipinski definition) is 3. The maximum atomic E-state index is 12.5. The molecular formula is C27H30N6O3. The van der Waals surface area contributed by atoms with E-state index in [9.17, 15) is 9.59 Å². The fraction of sp³-hybridized carbons (Fsp3) is 0.370. The van der Waals surface area contributed by atoms with Crippen LogP contribution in [0.2, 0.25) is 0 Å². The molecule has 2 heterocycles. The molecule has 0 bridgehead atoms. The number of nitrogens with zero attached hydrogens (tertiary/aromatic N) is 3. The second-order valence-electron chi connectivity index (χ2n) is 9.42. The summed E-state index contributed by atoms with van der Waals surface area (Å²) >= 11 is 0. The smallest absolute Gasteiger partial charge is 0.227 e. The third kappa shape index (κ3) is 5.30. The summed E-state index contributed by atoms with van der Waals surface area (Å²) < 4.78 is 5.45. The number of benzene rings is 2. The van der Waals surface area contributed by atoms with Gasteiger partial charge in [0.1, 0.15) is 11.4 Å². The second kappa shape index (κ2) is 10.3. The molecule has 0 saturated heterocycles. The third-order valence-corrected chi connectivity index (χ3v) is 6.67. The number of fused-ring (bicyclic) bond motifs is 1. The summed E-state index contributed by atoms with van der Waals surface area (Å²) in [6, 6.07) is 15.4. The first-order valence-corrected chi connectivity index (χ1v) is 12.5. The van der Waals surface area contributed by atoms with Gasteiger partial charge in [-0.05, 0) is 49.2 Å². The Morgan fingerprint density at radius 1 is 1.00 bits per heavy atom. The fourth-order valence-corrected chi connectivity index (χ4v) is 4.87. The standard InChI is InChI=1S/C27H30N6O3/c1-18(34)32-27(16-6-2-3-7-17-27)26-31-24(36-33-26)15-14-23(35)28-20-12-10-19(11-13-20)25-29-21-8-4-5-9-22(21)30-25/h4-5,8-13H,2-3,6-7,14-17H2,1H3,(H,28,35)(H,29,30)(H,32,34). The number of amides is 2. The number of carbonyl (C=O) groups is 2. The molecule has 9 heteroatoms. The minimum atomic E-state index is -0.589. The average molecular weight is 487 g/mol. The van der Waals surface area contributed by atoms with Gasteiger partial charge in [0.25, 0.3) is 0 Å². The van der Waals surface area contributed by atoms with E-state index in [1.54, 1.807) is 0 Å². The lowest BCUT2D eigenvalue weighted by Crippen LogP contribution is -2.45. The van der Waals surface area contributed by atoms with Crippen molar-refractivity contribution < 1.29 is 14.1 Å². The van der Waals surface area contributed by atoms with Crippen LogP contribution in [0.15, 0.2) is 53.1 Å². The van der Waals surface area contributed by atoms with Crippen molar-refractivity contribution in [1.82, 2.24) is 25.4 Å². The molecule has 0 atom stereocenters. The molecule has 0 aliphatic heterocycles. The molecule has 2 amide bonds. The van der Waals surface area contributed by atoms with E-state index in [0.29, 0.717) is 23.8 Å². The van der Waals surface area contributed by atoms with Gasteiger partial charge in [-0.15, -0.1) is 0 Å². The van der Waals surface area contributed by atoms with E-state index >= 15 is 0 Å². The molecule has 9 nitrogen and oxygen atoms in total. The summed E-state index contributed by atoms with van der Waals surface area (Å²) in [5, 5.41) is 10.2. The summed E-state index contributed by atoms with van der Waals surface area (Å²) in [7, 11) is 0. The first kappa shape index (κ1) is 23.7. The number of carbonyl (C=O) groups excluding carboxylic acids is 2. The van der Waals surface area contributed by atoms with Crippen LogP contribution in [0, 0.1) is 0 Å². The highest BCUT2D eigenvalue weighted by atomic mass is 16.5. The van der Waals surface area contributed by atoms with Crippen molar-refractivity contribution in [2.24, 2.45) is 0 Å². The quantitative estimate of drug-likeness (QED) is 0.320. The van der Waals surface area contributed by atoms with Gasteiger partial charge in [0, 0.05) is 31.0 Å². The number of imidazole rings is 1. The van der Waals surface area contributed by atoms with Crippen molar-refractivity contribution in [3.05, 3.63) is 60.2 Å². The minimum Gasteiger partial charge on any atom is -0.343 e. The first-order chi connectivity index (χ1) is 17.5. The minimum absolute atomic E-state index is 0.103. The van der Waals surface area contributed by atoms with E-state index in [1.807, 2.05) is 48.5 Å². The maximum absolute atomic E-state index is 12.5. The normalized spacial score (nSPS) is 15.4. The second-order valence-corrected chi connectivity index (χ2v) is 9.42. The lowest BCUT2D eigenvalue weighted by Gasteiger charge is -2.30. The lowest BCUT2D eigenvalue weighted by atomic mass is 9.89. The predicted octanol–water partition coefficient (Wildman–Crippen LogP) is 4.87. The fourth-order valence-electron chi connectivity index (χ4n) is 4.87. The van der Waals surface area contributed by atoms with E-state index in [2.05, 4.69) is 30.7 Å². The average Bonchev–Trinajstić information content (AvgIpc) is 3.46. The molecule has 4 aromatic rings. The van der Waals surface area contributed by atoms with Crippen molar-refractivity contribution in [1.29, 1.82) is 0 Å². The summed E-state index contributed by atoms with van der Waals surface area (Å²) in [6.07, 6.45) is 6.37. The van der Waals surface area contributed by atoms with Gasteiger partial charge in [-0.25, -0.2) is 4.98 Å². The number of nitrogens with one attached hydrogen (secondary N) is 3. The van der Waals surface area contributed by atoms with E-state index in [0.717, 1.165) is 60.9 Å². The van der Waals surface area contributed by atoms with Gasteiger partial charge in [-0.1, -0.05) is 43.0 Å². The number of para-hydroxylation sites is 2. The van der Waals surface area contributed by atoms with Gasteiger partial charge >= 0.3 is 0 Å². The Morgan fingerprint density at radius 2 is 1.75 bits per heavy atom. The van der Waals surface area contributed by atoms with Crippen LogP contribution >= 0.6 is 0 Å². The number of aromatic amines is 1. The van der Waals surface area contributed by atoms with Crippen LogP contribution in [-0.2, 0) is 21.5 Å². The topological polar surface area (TPSA) is 126 Å². The van der Waals surface area contributed by atoms with Gasteiger partial charge in [-0.3, -0.25) is 9.59 Å². The Bertz CT molecular complexity index is 1320. The monoisotopic (exact) mass is 486 g/mol. The summed E-state index contributed by atoms with van der Waals surface area (Å²) in [5.74, 6) is 1.45. The Hall–Kier alpha value is -4.01. The van der Waals surface area contributed by atoms with E-state index in [1.165, 1.54) is 6.92 Å². The van der Waals surface area contributed by atoms with E-state index in [4.69, 9.17) is 4.52 Å². The predicted molar refractivity (Wildman–Crippen MR) is 136 cm³/mol. The van der Waals surface area contributed by atoms with Crippen molar-refractivity contribution in [2.45, 2.75) is 63.8 Å². The maximum Gasteiger partial charge on any atom is 0.227 e. The van der Waals surface area contributed by atoms with Gasteiger partial charge in [-0.2, -0.15) is 4.98 Å². The van der Waals surface area contributed by atoms with Crippen LogP contribution in [0.25, 0.3) is 22.4 Å². The van der Waals surface area contributed by atoms with Crippen LogP contribution in [0.5, 0.6) is 0 Å². The molecular weight excluding hydrogens is 456 g/mol. The van der Waals surface area contributed by atoms with Crippen LogP contribution in [0.1, 0.15) is 63.6 Å². The number of aromatic nitrogens is 4. The lowest BCUT2D eigenvalue weighted by molar-refractivity contribution is -0.121. The first-order valence-electron chi connectivity index (χ1n) is 12.5. The van der Waals surface area contributed by atoms with Crippen molar-refractivity contribution in [2.75, 3.05) is 5.32 Å². The van der Waals surface area contributed by atoms with Crippen molar-refractivity contribution in [3.8, 4) is 11.4 Å². The van der Waals surface area contributed by atoms with Gasteiger partial charge in [0.15, 0.2) is 5.82 Å². The molecule has 1 aliphatic carbocycles. The molecule has 36 heavy (non-hydrogen) atoms. The van der Waals surface area contributed by atoms with Gasteiger partial charge in [0.2, 0.25) is 17.7 Å². The molecule has 1 fully saturated rings. The molecule has 1 aliphatic rings. The van der Waals surface area contributed by atoms with E-state index < -0.39 is 5.54 Å². The number of anilines is 1. The SMILES string of the molecule is CC(=O)NC1(c2noc(CCC(=O)Nc3ccc(-c4nc5ccccc5[nH]4)cc3)n2)CCCCCC1. The number of H-pyrrole nitrogens is 1. The molecule has 2 aromatic carbocycles. The highest BCUT2D eigenvalue weighted by Gasteiger charge is 2.38. The third-order valence-electron chi connectivity index (χ3n) is 6.67. The van der Waals surface area contributed by atoms with Crippen molar-refractivity contribution >= 4 is 28.5 Å². The van der Waals surface area contributed by atoms with E-state index in [-0.39, 0.29) is 18.2 Å². The van der Waals surface area contributed by atoms with Gasteiger partial charge in [0.05, 0.1) is 11.0 Å². The van der Waals surface area contributed by atoms with Gasteiger partial charge < -0.3 is 20.1 Å². The Balaban J connectivity index is 1.19. The summed E-state index contributed by atoms with van der Waals surface area (Å²) in [4.78, 5) is 36.9. The van der Waals surface area contributed by atoms with Crippen LogP contribution in [0.3, 0.4) is 0 Å². The molecule has 0 unspecified atom stereocenters. The Labute approximate surface area is 209 Å². The molecule has 5 rings (SSSR count). The molecule has 2 aromatic heterocycles. The van der Waals surface area contributed by atoms with Crippen LogP contribution < -0.4 is 10.6 Å². The molecule has 0 radical (unpaired) electrons. The highest BCUT2D eigenvalue weighted by Crippen LogP contribution is 2.34. The summed E-state index contributed by atoms with van der Waals surface area (Å²) in [6.45, 7) is 1.52. The molecule has 186 valence electrons. The Morgan fingerprint density at radius 3 is 2.47 bits per heavy atom. The number of aryl methyl sites for hydroxylation is 1. The zero-order valence-electron chi connectivity index (χ0n) is 20.3. The number of hydrogen-bond acceptors (Lipinski definition) is 6. The summed E-state index contributed by atoms with van der Waals surface area (Å²) in [5.41, 5.74) is 2.95. The van der Waals surface area contributed by atoms with Crippen molar-refractivity contribution in [3.63, 3.8) is 0 Å². The molecule has 3 N–H and O–H groups in total. The Kier molecular flexibility index (Phi) is 6.79. The zero-order valence-corrected chi connectivity index (χ0v) is 20.3. The largest absolute Gasteiger partial charge is 0.343 e. The zero-order chi connectivity index (χ0) is 25.0. The van der Waals surface area contributed by atoms with Crippen LogP contribution in [0.4, 0.5) is 5.69 Å². The number of rotatable bonds is 7. The molecule has 1 saturated carbocycles. The van der Waals surface area contributed by atoms with Crippen LogP contribution in [-0.4, -0.2) is 31.9 Å². The highest BCUT2D eigenvalue weighted by molar-refractivity contribution is 5.91.